The number of hydrogen-bond donors (Lipinski definition) is 2. The highest BCUT2D eigenvalue weighted by Crippen LogP contribution is 2.40. The number of anilines is 2. The minimum Gasteiger partial charge on any atom is -0.494 e. The Hall–Kier alpha value is -6.16. The fourth-order valence-electron chi connectivity index (χ4n) is 8.46. The van der Waals surface area contributed by atoms with Crippen molar-refractivity contribution < 1.29 is 28.7 Å². The van der Waals surface area contributed by atoms with Crippen molar-refractivity contribution in [3.63, 3.8) is 0 Å². The monoisotopic (exact) mass is 744 g/mol. The molecule has 1 unspecified atom stereocenters. The summed E-state index contributed by atoms with van der Waals surface area (Å²) in [6.45, 7) is 8.03. The van der Waals surface area contributed by atoms with Crippen molar-refractivity contribution in [2.45, 2.75) is 57.2 Å². The maximum atomic E-state index is 13.4. The number of nitrogens with zero attached hydrogens (tertiary/aromatic N) is 8. The largest absolute Gasteiger partial charge is 0.494 e. The molecule has 55 heavy (non-hydrogen) atoms. The lowest BCUT2D eigenvalue weighted by Crippen LogP contribution is -2.63. The molecule has 2 N–H and O–H groups in total. The van der Waals surface area contributed by atoms with E-state index >= 15 is 0 Å². The topological polar surface area (TPSA) is 176 Å². The summed E-state index contributed by atoms with van der Waals surface area (Å²) in [5, 5.41) is 15.2. The number of hydrogen-bond acceptors (Lipinski definition) is 11. The van der Waals surface area contributed by atoms with Gasteiger partial charge in [0.1, 0.15) is 17.4 Å². The second kappa shape index (κ2) is 13.0. The minimum absolute atomic E-state index is 0.0710. The molecular formula is C39H40N10O6. The Morgan fingerprint density at radius 3 is 2.55 bits per heavy atom. The lowest BCUT2D eigenvalue weighted by molar-refractivity contribution is -0.136. The van der Waals surface area contributed by atoms with Crippen LogP contribution < -0.4 is 20.3 Å². The van der Waals surface area contributed by atoms with Crippen LogP contribution in [0, 0.1) is 5.92 Å². The molecule has 5 amide bonds. The third-order valence-electron chi connectivity index (χ3n) is 11.9. The maximum absolute atomic E-state index is 13.4. The first-order valence-corrected chi connectivity index (χ1v) is 18.5. The van der Waals surface area contributed by atoms with Crippen molar-refractivity contribution in [1.29, 1.82) is 0 Å². The molecule has 9 rings (SSSR count). The van der Waals surface area contributed by atoms with E-state index in [0.717, 1.165) is 60.5 Å². The fourth-order valence-corrected chi connectivity index (χ4v) is 8.46. The number of amides is 5. The molecule has 3 fully saturated rings. The number of benzene rings is 2. The van der Waals surface area contributed by atoms with Crippen molar-refractivity contribution in [2.75, 3.05) is 43.5 Å². The van der Waals surface area contributed by atoms with Gasteiger partial charge in [0, 0.05) is 79.8 Å². The standard InChI is InChI=1S/C39H40N10O6/c1-39(2,23-20-45(21-23)25-5-6-26-27(16-25)38(54)49(37(26)53)31-7-8-33(50)43-36(31)52)46-13-9-24(10-14-46)48-19-22-15-30(32(55-3)17-29(22)44-48)42-35(51)28-18-41-47-12-4-11-40-34(28)47/h4-6,11-12,15-19,23-24,31H,7-10,13-14,20-21H2,1-3H3,(H,42,51)(H,43,50,52). The molecule has 282 valence electrons. The van der Waals surface area contributed by atoms with Crippen LogP contribution in [0.2, 0.25) is 0 Å². The predicted octanol–water partition coefficient (Wildman–Crippen LogP) is 3.29. The summed E-state index contributed by atoms with van der Waals surface area (Å²) in [6, 6.07) is 10.0. The van der Waals surface area contributed by atoms with Gasteiger partial charge in [0.25, 0.3) is 17.7 Å². The van der Waals surface area contributed by atoms with Crippen molar-refractivity contribution in [3.05, 3.63) is 77.9 Å². The van der Waals surface area contributed by atoms with E-state index in [4.69, 9.17) is 9.84 Å². The SMILES string of the molecule is COc1cc2nn(C3CCN(C(C)(C)C4CN(c5ccc6c(c5)C(=O)N(C5CCC(=O)NC5=O)C6=O)C4)CC3)cc2cc1NC(=O)c1cnn2cccnc12. The van der Waals surface area contributed by atoms with Crippen LogP contribution in [0.15, 0.2) is 61.2 Å². The normalized spacial score (nSPS) is 19.9. The molecule has 5 aromatic rings. The number of aromatic nitrogens is 5. The smallest absolute Gasteiger partial charge is 0.262 e. The third-order valence-corrected chi connectivity index (χ3v) is 11.9. The average Bonchev–Trinajstić information content (AvgIpc) is 3.85. The van der Waals surface area contributed by atoms with Gasteiger partial charge in [-0.25, -0.2) is 9.50 Å². The summed E-state index contributed by atoms with van der Waals surface area (Å²) < 4.78 is 9.24. The van der Waals surface area contributed by atoms with Crippen molar-refractivity contribution in [3.8, 4) is 5.75 Å². The van der Waals surface area contributed by atoms with Crippen molar-refractivity contribution in [2.24, 2.45) is 5.92 Å². The number of rotatable bonds is 8. The number of carbonyl (C=O) groups is 5. The molecule has 0 radical (unpaired) electrons. The van der Waals surface area contributed by atoms with Crippen LogP contribution in [0.3, 0.4) is 0 Å². The van der Waals surface area contributed by atoms with Gasteiger partial charge in [-0.15, -0.1) is 0 Å². The first-order valence-electron chi connectivity index (χ1n) is 18.5. The molecule has 3 aromatic heterocycles. The van der Waals surface area contributed by atoms with Crippen LogP contribution in [-0.2, 0) is 9.59 Å². The molecular weight excluding hydrogens is 704 g/mol. The highest BCUT2D eigenvalue weighted by molar-refractivity contribution is 6.23. The van der Waals surface area contributed by atoms with Crippen LogP contribution >= 0.6 is 0 Å². The second-order valence-electron chi connectivity index (χ2n) is 15.3. The van der Waals surface area contributed by atoms with E-state index in [2.05, 4.69) is 44.4 Å². The Balaban J connectivity index is 0.826. The summed E-state index contributed by atoms with van der Waals surface area (Å²) in [6.07, 6.45) is 8.97. The molecule has 0 saturated carbocycles. The molecule has 3 saturated heterocycles. The first-order chi connectivity index (χ1) is 26.5. The zero-order chi connectivity index (χ0) is 38.2. The van der Waals surface area contributed by atoms with Gasteiger partial charge in [-0.1, -0.05) is 0 Å². The molecule has 1 atom stereocenters. The van der Waals surface area contributed by atoms with Crippen molar-refractivity contribution >= 4 is 57.5 Å². The Kier molecular flexibility index (Phi) is 8.18. The fraction of sp³-hybridized carbons (Fsp3) is 0.385. The molecule has 4 aliphatic rings. The molecule has 4 aliphatic heterocycles. The van der Waals surface area contributed by atoms with Crippen molar-refractivity contribution in [1.82, 2.24) is 39.5 Å². The lowest BCUT2D eigenvalue weighted by atomic mass is 9.78. The van der Waals surface area contributed by atoms with E-state index in [9.17, 15) is 24.0 Å². The van der Waals surface area contributed by atoms with Gasteiger partial charge in [0.15, 0.2) is 5.65 Å². The number of ether oxygens (including phenoxy) is 1. The average molecular weight is 745 g/mol. The van der Waals surface area contributed by atoms with E-state index in [0.29, 0.717) is 34.1 Å². The van der Waals surface area contributed by atoms with E-state index in [1.807, 2.05) is 29.1 Å². The third kappa shape index (κ3) is 5.78. The zero-order valence-corrected chi connectivity index (χ0v) is 30.7. The summed E-state index contributed by atoms with van der Waals surface area (Å²) in [5.74, 6) is -1.44. The van der Waals surface area contributed by atoms with Crippen LogP contribution in [0.25, 0.3) is 16.6 Å². The van der Waals surface area contributed by atoms with Crippen LogP contribution in [0.5, 0.6) is 5.75 Å². The number of methoxy groups -OCH3 is 1. The highest BCUT2D eigenvalue weighted by atomic mass is 16.5. The van der Waals surface area contributed by atoms with E-state index in [1.165, 1.54) is 6.20 Å². The van der Waals surface area contributed by atoms with Gasteiger partial charge in [0.2, 0.25) is 11.8 Å². The summed E-state index contributed by atoms with van der Waals surface area (Å²) >= 11 is 0. The number of likely N-dealkylation sites (tertiary alicyclic amines) is 1. The number of piperidine rings is 2. The van der Waals surface area contributed by atoms with E-state index in [1.54, 1.807) is 42.2 Å². The lowest BCUT2D eigenvalue weighted by Gasteiger charge is -2.54. The van der Waals surface area contributed by atoms with E-state index < -0.39 is 29.7 Å². The Morgan fingerprint density at radius 2 is 1.78 bits per heavy atom. The Morgan fingerprint density at radius 1 is 1.00 bits per heavy atom. The molecule has 0 bridgehead atoms. The highest BCUT2D eigenvalue weighted by Gasteiger charge is 2.47. The zero-order valence-electron chi connectivity index (χ0n) is 30.7. The van der Waals surface area contributed by atoms with Gasteiger partial charge < -0.3 is 15.0 Å². The number of imide groups is 2. The second-order valence-corrected chi connectivity index (χ2v) is 15.3. The summed E-state index contributed by atoms with van der Waals surface area (Å²) in [5.41, 5.74) is 3.53. The van der Waals surface area contributed by atoms with Gasteiger partial charge in [0.05, 0.1) is 41.7 Å². The number of fused-ring (bicyclic) bond motifs is 3. The summed E-state index contributed by atoms with van der Waals surface area (Å²) in [7, 11) is 1.57. The minimum atomic E-state index is -0.983. The molecule has 7 heterocycles. The van der Waals surface area contributed by atoms with E-state index in [-0.39, 0.29) is 35.9 Å². The number of nitrogens with one attached hydrogen (secondary N) is 2. The Bertz CT molecular complexity index is 2420. The van der Waals surface area contributed by atoms with Crippen LogP contribution in [0.1, 0.15) is 76.6 Å². The number of carbonyl (C=O) groups excluding carboxylic acids is 5. The summed E-state index contributed by atoms with van der Waals surface area (Å²) in [4.78, 5) is 73.9. The maximum Gasteiger partial charge on any atom is 0.262 e. The van der Waals surface area contributed by atoms with Gasteiger partial charge in [-0.05, 0) is 63.4 Å². The Labute approximate surface area is 315 Å². The molecule has 0 spiro atoms. The molecule has 16 heteroatoms. The molecule has 0 aliphatic carbocycles. The quantitative estimate of drug-likeness (QED) is 0.223. The first kappa shape index (κ1) is 34.6. The predicted molar refractivity (Wildman–Crippen MR) is 200 cm³/mol. The van der Waals surface area contributed by atoms with Gasteiger partial charge >= 0.3 is 0 Å². The van der Waals surface area contributed by atoms with Gasteiger partial charge in [-0.3, -0.25) is 43.8 Å². The molecule has 16 nitrogen and oxygen atoms in total. The van der Waals surface area contributed by atoms with Crippen LogP contribution in [-0.4, -0.2) is 109 Å². The molecule has 2 aromatic carbocycles. The van der Waals surface area contributed by atoms with Gasteiger partial charge in [-0.2, -0.15) is 10.2 Å². The van der Waals surface area contributed by atoms with Crippen LogP contribution in [0.4, 0.5) is 11.4 Å².